The fourth-order valence-corrected chi connectivity index (χ4v) is 6.78. The van der Waals surface area contributed by atoms with Crippen molar-refractivity contribution in [3.05, 3.63) is 71.3 Å². The molecule has 0 amide bonds. The van der Waals surface area contributed by atoms with Gasteiger partial charge < -0.3 is 19.4 Å². The normalized spacial score (nSPS) is 13.3. The molecule has 1 saturated carbocycles. The predicted molar refractivity (Wildman–Crippen MR) is 200 cm³/mol. The molecule has 1 aliphatic rings. The van der Waals surface area contributed by atoms with Crippen LogP contribution < -0.4 is 9.47 Å². The van der Waals surface area contributed by atoms with Gasteiger partial charge in [0.2, 0.25) is 0 Å². The van der Waals surface area contributed by atoms with Crippen molar-refractivity contribution in [2.24, 2.45) is 5.92 Å². The van der Waals surface area contributed by atoms with Crippen LogP contribution in [0, 0.1) is 43.1 Å². The lowest BCUT2D eigenvalue weighted by Gasteiger charge is -2.15. The zero-order valence-electron chi connectivity index (χ0n) is 27.9. The number of aromatic amines is 2. The molecule has 6 nitrogen and oxygen atoms in total. The Hall–Kier alpha value is -4.72. The average molecular weight is 643 g/mol. The SMILES string of the molecule is C.COc1ccc2c([nH]c3c(C)nccc32)c1C#CC1CCCCC1.COc1ccc2c([nH]c3c(C)nccc32)c1C#C[Si](C)(C)C. The summed E-state index contributed by atoms with van der Waals surface area (Å²) in [5.41, 5.74) is 11.6. The summed E-state index contributed by atoms with van der Waals surface area (Å²) in [6, 6.07) is 12.3. The van der Waals surface area contributed by atoms with Crippen LogP contribution in [0.2, 0.25) is 19.6 Å². The van der Waals surface area contributed by atoms with E-state index in [0.29, 0.717) is 5.92 Å². The average Bonchev–Trinajstić information content (AvgIpc) is 3.63. The number of pyridine rings is 2. The van der Waals surface area contributed by atoms with Gasteiger partial charge in [-0.15, -0.1) is 5.54 Å². The molecule has 7 rings (SSSR count). The highest BCUT2D eigenvalue weighted by Crippen LogP contribution is 2.34. The van der Waals surface area contributed by atoms with Gasteiger partial charge in [0.05, 0.1) is 58.8 Å². The number of rotatable bonds is 2. The summed E-state index contributed by atoms with van der Waals surface area (Å²) < 4.78 is 11.1. The van der Waals surface area contributed by atoms with E-state index < -0.39 is 8.07 Å². The van der Waals surface area contributed by atoms with E-state index in [0.717, 1.165) is 56.1 Å². The molecule has 47 heavy (non-hydrogen) atoms. The van der Waals surface area contributed by atoms with Crippen molar-refractivity contribution in [3.63, 3.8) is 0 Å². The molecule has 2 aromatic carbocycles. The van der Waals surface area contributed by atoms with E-state index in [9.17, 15) is 0 Å². The van der Waals surface area contributed by atoms with Crippen LogP contribution in [-0.2, 0) is 0 Å². The summed E-state index contributed by atoms with van der Waals surface area (Å²) in [4.78, 5) is 15.8. The number of nitrogens with one attached hydrogen (secondary N) is 2. The van der Waals surface area contributed by atoms with E-state index in [4.69, 9.17) is 9.47 Å². The van der Waals surface area contributed by atoms with Gasteiger partial charge in [-0.25, -0.2) is 0 Å². The van der Waals surface area contributed by atoms with Gasteiger partial charge in [0.1, 0.15) is 19.6 Å². The lowest BCUT2D eigenvalue weighted by Crippen LogP contribution is -2.16. The first-order chi connectivity index (χ1) is 22.2. The van der Waals surface area contributed by atoms with Crippen molar-refractivity contribution in [2.45, 2.75) is 73.0 Å². The Morgan fingerprint density at radius 2 is 1.13 bits per heavy atom. The minimum atomic E-state index is -1.46. The molecule has 1 fully saturated rings. The zero-order chi connectivity index (χ0) is 32.4. The van der Waals surface area contributed by atoms with Crippen molar-refractivity contribution in [2.75, 3.05) is 14.2 Å². The number of ether oxygens (including phenoxy) is 2. The van der Waals surface area contributed by atoms with E-state index >= 15 is 0 Å². The number of hydrogen-bond donors (Lipinski definition) is 2. The van der Waals surface area contributed by atoms with Gasteiger partial charge in [0, 0.05) is 39.9 Å². The quantitative estimate of drug-likeness (QED) is 0.146. The predicted octanol–water partition coefficient (Wildman–Crippen LogP) is 9.86. The topological polar surface area (TPSA) is 75.8 Å². The van der Waals surface area contributed by atoms with E-state index in [-0.39, 0.29) is 7.43 Å². The second-order valence-corrected chi connectivity index (χ2v) is 17.9. The zero-order valence-corrected chi connectivity index (χ0v) is 28.9. The fraction of sp³-hybridized carbons (Fsp3) is 0.350. The molecule has 0 unspecified atom stereocenters. The number of H-pyrrole nitrogens is 2. The number of fused-ring (bicyclic) bond motifs is 6. The van der Waals surface area contributed by atoms with Crippen LogP contribution in [0.3, 0.4) is 0 Å². The highest BCUT2D eigenvalue weighted by atomic mass is 28.3. The molecule has 1 aliphatic carbocycles. The summed E-state index contributed by atoms with van der Waals surface area (Å²) in [7, 11) is 1.95. The van der Waals surface area contributed by atoms with Crippen LogP contribution in [0.15, 0.2) is 48.8 Å². The number of benzene rings is 2. The molecule has 2 N–H and O–H groups in total. The maximum Gasteiger partial charge on any atom is 0.136 e. The van der Waals surface area contributed by atoms with Crippen LogP contribution in [0.4, 0.5) is 0 Å². The molecule has 4 aromatic heterocycles. The smallest absolute Gasteiger partial charge is 0.136 e. The van der Waals surface area contributed by atoms with Crippen LogP contribution >= 0.6 is 0 Å². The molecular formula is C40H46N4O2Si. The number of aryl methyl sites for hydroxylation is 2. The Labute approximate surface area is 279 Å². The van der Waals surface area contributed by atoms with Gasteiger partial charge in [-0.1, -0.05) is 64.1 Å². The van der Waals surface area contributed by atoms with Crippen molar-refractivity contribution < 1.29 is 9.47 Å². The third kappa shape index (κ3) is 6.87. The second-order valence-electron chi connectivity index (χ2n) is 13.1. The van der Waals surface area contributed by atoms with Crippen molar-refractivity contribution in [3.8, 4) is 34.8 Å². The molecular weight excluding hydrogens is 597 g/mol. The second kappa shape index (κ2) is 14.0. The minimum absolute atomic E-state index is 0. The van der Waals surface area contributed by atoms with Gasteiger partial charge in [-0.05, 0) is 63.1 Å². The Balaban J connectivity index is 0.000000181. The molecule has 0 atom stereocenters. The Morgan fingerprint density at radius 1 is 0.660 bits per heavy atom. The van der Waals surface area contributed by atoms with E-state index in [1.807, 2.05) is 44.4 Å². The Morgan fingerprint density at radius 3 is 1.60 bits per heavy atom. The lowest BCUT2D eigenvalue weighted by atomic mass is 9.89. The number of nitrogens with zero attached hydrogens (tertiary/aromatic N) is 2. The summed E-state index contributed by atoms with van der Waals surface area (Å²) in [6.07, 6.45) is 10.1. The van der Waals surface area contributed by atoms with Gasteiger partial charge in [-0.3, -0.25) is 9.97 Å². The standard InChI is InChI=1S/C21H22N2O.C18H20N2OSi.CH4/c1-14-20-17(12-13-22-14)16-10-11-19(24-2)18(21(16)23-20)9-8-15-6-4-3-5-7-15;1-12-17-14(8-10-19-12)13-6-7-16(21-2)15(18(13)20-17)9-11-22(3,4)5;/h10-13,15,23H,3-7H2,1-2H3;6-8,10,20H,1-5H3;1H4. The number of aromatic nitrogens is 4. The maximum atomic E-state index is 5.58. The third-order valence-electron chi connectivity index (χ3n) is 8.70. The summed E-state index contributed by atoms with van der Waals surface area (Å²) in [5, 5.41) is 4.73. The van der Waals surface area contributed by atoms with E-state index in [1.165, 1.54) is 53.6 Å². The van der Waals surface area contributed by atoms with Crippen LogP contribution in [0.5, 0.6) is 11.5 Å². The van der Waals surface area contributed by atoms with E-state index in [2.05, 4.69) is 81.1 Å². The van der Waals surface area contributed by atoms with Gasteiger partial charge in [0.25, 0.3) is 0 Å². The summed E-state index contributed by atoms with van der Waals surface area (Å²) in [5.74, 6) is 12.5. The Kier molecular flexibility index (Phi) is 9.98. The van der Waals surface area contributed by atoms with Gasteiger partial charge in [-0.2, -0.15) is 0 Å². The fourth-order valence-electron chi connectivity index (χ4n) is 6.28. The summed E-state index contributed by atoms with van der Waals surface area (Å²) in [6.45, 7) is 10.8. The molecule has 7 heteroatoms. The molecule has 4 heterocycles. The van der Waals surface area contributed by atoms with Crippen LogP contribution in [-0.4, -0.2) is 42.2 Å². The molecule has 0 radical (unpaired) electrons. The highest BCUT2D eigenvalue weighted by molar-refractivity contribution is 6.83. The first kappa shape index (κ1) is 33.6. The van der Waals surface area contributed by atoms with Crippen LogP contribution in [0.1, 0.15) is 62.0 Å². The molecule has 0 saturated heterocycles. The molecule has 0 bridgehead atoms. The molecule has 242 valence electrons. The van der Waals surface area contributed by atoms with Crippen LogP contribution in [0.25, 0.3) is 43.6 Å². The first-order valence-electron chi connectivity index (χ1n) is 16.1. The largest absolute Gasteiger partial charge is 0.495 e. The van der Waals surface area contributed by atoms with E-state index in [1.54, 1.807) is 14.2 Å². The van der Waals surface area contributed by atoms with Gasteiger partial charge >= 0.3 is 0 Å². The molecule has 0 aliphatic heterocycles. The maximum absolute atomic E-state index is 5.58. The number of methoxy groups -OCH3 is 2. The monoisotopic (exact) mass is 642 g/mol. The van der Waals surface area contributed by atoms with Gasteiger partial charge in [0.15, 0.2) is 0 Å². The summed E-state index contributed by atoms with van der Waals surface area (Å²) >= 11 is 0. The first-order valence-corrected chi connectivity index (χ1v) is 19.6. The van der Waals surface area contributed by atoms with Crippen molar-refractivity contribution in [1.29, 1.82) is 0 Å². The van der Waals surface area contributed by atoms with Crippen molar-refractivity contribution in [1.82, 2.24) is 19.9 Å². The highest BCUT2D eigenvalue weighted by Gasteiger charge is 2.16. The minimum Gasteiger partial charge on any atom is -0.495 e. The number of hydrogen-bond acceptors (Lipinski definition) is 4. The molecule has 6 aromatic rings. The lowest BCUT2D eigenvalue weighted by molar-refractivity contribution is 0.414. The van der Waals surface area contributed by atoms with Crippen molar-refractivity contribution >= 4 is 51.7 Å². The Bertz CT molecular complexity index is 2190. The third-order valence-corrected chi connectivity index (χ3v) is 9.58. The molecule has 0 spiro atoms.